The number of ether oxygens (including phenoxy) is 2. The van der Waals surface area contributed by atoms with Gasteiger partial charge in [0.05, 0.1) is 7.11 Å². The average Bonchev–Trinajstić information content (AvgIpc) is 2.98. The molecule has 0 radical (unpaired) electrons. The highest BCUT2D eigenvalue weighted by atomic mass is 16.6. The third-order valence-electron chi connectivity index (χ3n) is 8.14. The Morgan fingerprint density at radius 3 is 2.12 bits per heavy atom. The van der Waals surface area contributed by atoms with Gasteiger partial charge in [0.1, 0.15) is 17.0 Å². The molecular weight excluding hydrogens is 320 g/mol. The van der Waals surface area contributed by atoms with Crippen molar-refractivity contribution in [3.63, 3.8) is 0 Å². The first-order valence-corrected chi connectivity index (χ1v) is 9.94. The Morgan fingerprint density at radius 2 is 1.54 bits per heavy atom. The van der Waals surface area contributed by atoms with E-state index in [0.717, 1.165) is 17.6 Å². The van der Waals surface area contributed by atoms with Crippen LogP contribution in [0.1, 0.15) is 47.8 Å². The topological polar surface area (TPSA) is 21.8 Å². The molecule has 2 aromatic rings. The minimum absolute atomic E-state index is 0.132. The molecule has 26 heavy (non-hydrogen) atoms. The first-order valence-electron chi connectivity index (χ1n) is 9.94. The van der Waals surface area contributed by atoms with E-state index in [-0.39, 0.29) is 11.2 Å². The predicted octanol–water partition coefficient (Wildman–Crippen LogP) is 4.91. The second-order valence-electron chi connectivity index (χ2n) is 8.81. The van der Waals surface area contributed by atoms with E-state index in [1.165, 1.54) is 36.0 Å². The molecule has 4 fully saturated rings. The molecule has 2 heteroatoms. The number of hydrogen-bond acceptors (Lipinski definition) is 2. The molecule has 7 rings (SSSR count). The molecule has 0 N–H and O–H groups in total. The average molecular weight is 342 g/mol. The molecule has 2 nitrogen and oxygen atoms in total. The maximum absolute atomic E-state index is 6.76. The quantitative estimate of drug-likeness (QED) is 0.723. The van der Waals surface area contributed by atoms with Crippen LogP contribution in [0.5, 0.6) is 5.75 Å². The van der Waals surface area contributed by atoms with Gasteiger partial charge in [0, 0.05) is 11.8 Å². The first-order chi connectivity index (χ1) is 12.8. The first kappa shape index (κ1) is 14.1. The summed E-state index contributed by atoms with van der Waals surface area (Å²) in [6.07, 6.45) is 6.59. The lowest BCUT2D eigenvalue weighted by Crippen LogP contribution is -2.36. The molecule has 4 aliphatic carbocycles. The second kappa shape index (κ2) is 4.26. The molecule has 0 aromatic heterocycles. The smallest absolute Gasteiger partial charge is 0.118 e. The van der Waals surface area contributed by atoms with Crippen LogP contribution in [-0.2, 0) is 4.74 Å². The van der Waals surface area contributed by atoms with Crippen LogP contribution in [0.3, 0.4) is 0 Å². The van der Waals surface area contributed by atoms with E-state index in [1.54, 1.807) is 12.7 Å². The van der Waals surface area contributed by atoms with Gasteiger partial charge in [-0.25, -0.2) is 0 Å². The Hall–Kier alpha value is -2.06. The van der Waals surface area contributed by atoms with Crippen molar-refractivity contribution in [3.05, 3.63) is 70.8 Å². The van der Waals surface area contributed by atoms with Crippen LogP contribution >= 0.6 is 0 Å². The molecule has 6 atom stereocenters. The number of epoxide rings is 1. The lowest BCUT2D eigenvalue weighted by molar-refractivity contribution is 0.134. The standard InChI is InChI=1S/C24H22O2/c1-25-17-10-6-14(7-11-17)12-20-21-18-4-2-3-5-19(18)22(20)24-16-9-8-15(13-16)23(21,24)26-24/h2-7,10-12,15-16,21-22H,8-9,13H2,1H3/t15-,16-,21+,22+,23-,24-/m0/s1. The Balaban J connectivity index is 1.42. The van der Waals surface area contributed by atoms with Gasteiger partial charge in [-0.15, -0.1) is 0 Å². The highest BCUT2D eigenvalue weighted by molar-refractivity contribution is 5.74. The Labute approximate surface area is 153 Å². The molecule has 0 amide bonds. The van der Waals surface area contributed by atoms with Crippen molar-refractivity contribution in [3.8, 4) is 5.75 Å². The fourth-order valence-corrected chi connectivity index (χ4v) is 7.44. The van der Waals surface area contributed by atoms with Gasteiger partial charge in [0.15, 0.2) is 0 Å². The van der Waals surface area contributed by atoms with Crippen LogP contribution < -0.4 is 4.74 Å². The van der Waals surface area contributed by atoms with E-state index in [1.807, 2.05) is 0 Å². The van der Waals surface area contributed by atoms with Crippen LogP contribution in [0.4, 0.5) is 0 Å². The van der Waals surface area contributed by atoms with Crippen molar-refractivity contribution >= 4 is 6.08 Å². The number of rotatable bonds is 2. The second-order valence-corrected chi connectivity index (χ2v) is 8.81. The zero-order valence-electron chi connectivity index (χ0n) is 14.9. The number of hydrogen-bond donors (Lipinski definition) is 0. The van der Waals surface area contributed by atoms with Crippen molar-refractivity contribution in [1.82, 2.24) is 0 Å². The molecule has 2 aromatic carbocycles. The lowest BCUT2D eigenvalue weighted by Gasteiger charge is -2.29. The molecule has 1 heterocycles. The van der Waals surface area contributed by atoms with E-state index < -0.39 is 0 Å². The van der Waals surface area contributed by atoms with Crippen LogP contribution in [0, 0.1) is 11.8 Å². The van der Waals surface area contributed by atoms with Crippen LogP contribution in [0.15, 0.2) is 54.1 Å². The fraction of sp³-hybridized carbons (Fsp3) is 0.417. The number of fused-ring (bicyclic) bond motifs is 7. The van der Waals surface area contributed by atoms with Crippen LogP contribution in [0.25, 0.3) is 6.08 Å². The van der Waals surface area contributed by atoms with Crippen molar-refractivity contribution in [2.24, 2.45) is 11.8 Å². The van der Waals surface area contributed by atoms with Gasteiger partial charge in [-0.3, -0.25) is 0 Å². The summed E-state index contributed by atoms with van der Waals surface area (Å²) >= 11 is 0. The summed E-state index contributed by atoms with van der Waals surface area (Å²) in [7, 11) is 1.72. The minimum atomic E-state index is 0.132. The number of benzene rings is 2. The highest BCUT2D eigenvalue weighted by Gasteiger charge is 2.92. The van der Waals surface area contributed by atoms with E-state index in [2.05, 4.69) is 54.6 Å². The maximum Gasteiger partial charge on any atom is 0.118 e. The summed E-state index contributed by atoms with van der Waals surface area (Å²) < 4.78 is 12.1. The summed E-state index contributed by atoms with van der Waals surface area (Å²) in [5.74, 6) is 3.41. The summed E-state index contributed by atoms with van der Waals surface area (Å²) in [4.78, 5) is 0. The van der Waals surface area contributed by atoms with E-state index in [4.69, 9.17) is 9.47 Å². The van der Waals surface area contributed by atoms with E-state index >= 15 is 0 Å². The molecule has 4 bridgehead atoms. The normalized spacial score (nSPS) is 42.4. The third kappa shape index (κ3) is 1.27. The largest absolute Gasteiger partial charge is 0.497 e. The van der Waals surface area contributed by atoms with Gasteiger partial charge < -0.3 is 9.47 Å². The number of methoxy groups -OCH3 is 1. The summed E-state index contributed by atoms with van der Waals surface area (Å²) in [6.45, 7) is 0. The van der Waals surface area contributed by atoms with Crippen molar-refractivity contribution in [1.29, 1.82) is 0 Å². The lowest BCUT2D eigenvalue weighted by atomic mass is 9.69. The van der Waals surface area contributed by atoms with Crippen LogP contribution in [-0.4, -0.2) is 18.3 Å². The molecule has 130 valence electrons. The van der Waals surface area contributed by atoms with Crippen molar-refractivity contribution < 1.29 is 9.47 Å². The molecule has 0 spiro atoms. The molecular formula is C24H22O2. The Bertz CT molecular complexity index is 923. The molecule has 0 unspecified atom stereocenters. The summed E-state index contributed by atoms with van der Waals surface area (Å²) in [5, 5.41) is 0. The van der Waals surface area contributed by atoms with Gasteiger partial charge in [-0.1, -0.05) is 42.5 Å². The van der Waals surface area contributed by atoms with Crippen molar-refractivity contribution in [2.45, 2.75) is 42.3 Å². The van der Waals surface area contributed by atoms with Gasteiger partial charge in [-0.2, -0.15) is 0 Å². The summed E-state index contributed by atoms with van der Waals surface area (Å²) in [6, 6.07) is 17.6. The molecule has 1 saturated heterocycles. The third-order valence-corrected chi connectivity index (χ3v) is 8.14. The summed E-state index contributed by atoms with van der Waals surface area (Å²) in [5.41, 5.74) is 6.23. The van der Waals surface area contributed by atoms with E-state index in [9.17, 15) is 0 Å². The zero-order chi connectivity index (χ0) is 17.1. The minimum Gasteiger partial charge on any atom is -0.497 e. The zero-order valence-corrected chi connectivity index (χ0v) is 14.9. The maximum atomic E-state index is 6.76. The fourth-order valence-electron chi connectivity index (χ4n) is 7.44. The monoisotopic (exact) mass is 342 g/mol. The molecule has 3 saturated carbocycles. The van der Waals surface area contributed by atoms with E-state index in [0.29, 0.717) is 11.8 Å². The van der Waals surface area contributed by atoms with Gasteiger partial charge in [0.2, 0.25) is 0 Å². The Kier molecular flexibility index (Phi) is 2.30. The van der Waals surface area contributed by atoms with Gasteiger partial charge in [-0.05, 0) is 65.5 Å². The predicted molar refractivity (Wildman–Crippen MR) is 100 cm³/mol. The Morgan fingerprint density at radius 1 is 0.923 bits per heavy atom. The van der Waals surface area contributed by atoms with Crippen molar-refractivity contribution in [2.75, 3.05) is 7.11 Å². The van der Waals surface area contributed by atoms with Gasteiger partial charge >= 0.3 is 0 Å². The molecule has 5 aliphatic rings. The SMILES string of the molecule is COc1ccc(C=C2[C@H]3c4ccccc4[C@H]2[C@]24O[C@@]32[C@H]2CC[C@H]4C2)cc1. The highest BCUT2D eigenvalue weighted by Crippen LogP contribution is 2.88. The van der Waals surface area contributed by atoms with Gasteiger partial charge in [0.25, 0.3) is 0 Å². The van der Waals surface area contributed by atoms with Crippen LogP contribution in [0.2, 0.25) is 0 Å². The molecule has 1 aliphatic heterocycles.